The summed E-state index contributed by atoms with van der Waals surface area (Å²) >= 11 is 0. The van der Waals surface area contributed by atoms with Gasteiger partial charge in [0, 0.05) is 0 Å². The lowest BCUT2D eigenvalue weighted by Gasteiger charge is -2.29. The Hall–Kier alpha value is -2.18. The maximum Gasteiger partial charge on any atom is 0.340 e. The van der Waals surface area contributed by atoms with Gasteiger partial charge in [0.15, 0.2) is 12.3 Å². The van der Waals surface area contributed by atoms with Crippen LogP contribution in [0.25, 0.3) is 0 Å². The minimum absolute atomic E-state index is 0.184. The van der Waals surface area contributed by atoms with Gasteiger partial charge in [0.2, 0.25) is 0 Å². The molecule has 0 amide bonds. The lowest BCUT2D eigenvalue weighted by atomic mass is 9.82. The largest absolute Gasteiger partial charge is 0.493 e. The SMILES string of the molecule is CCCCCCCCC(F)C(=O)OC1CCC(COc2ccc(C3CCC(OC(=O)[C@H](F)CCCCCCCC)CC3)cc2)CC1. The van der Waals surface area contributed by atoms with Crippen molar-refractivity contribution in [1.82, 2.24) is 0 Å². The van der Waals surface area contributed by atoms with Gasteiger partial charge >= 0.3 is 11.9 Å². The molecule has 262 valence electrons. The van der Waals surface area contributed by atoms with Crippen LogP contribution in [0.3, 0.4) is 0 Å². The molecule has 7 heteroatoms. The van der Waals surface area contributed by atoms with Crippen molar-refractivity contribution in [2.75, 3.05) is 6.61 Å². The fourth-order valence-corrected chi connectivity index (χ4v) is 6.90. The van der Waals surface area contributed by atoms with Crippen LogP contribution in [-0.2, 0) is 19.1 Å². The predicted octanol–water partition coefficient (Wildman–Crippen LogP) is 10.9. The predicted molar refractivity (Wildman–Crippen MR) is 181 cm³/mol. The molecule has 2 fully saturated rings. The van der Waals surface area contributed by atoms with Crippen LogP contribution in [0.1, 0.15) is 167 Å². The second kappa shape index (κ2) is 22.4. The smallest absolute Gasteiger partial charge is 0.340 e. The number of halogens is 2. The third-order valence-corrected chi connectivity index (χ3v) is 10.0. The average Bonchev–Trinajstić information content (AvgIpc) is 3.08. The zero-order chi connectivity index (χ0) is 33.0. The van der Waals surface area contributed by atoms with Crippen LogP contribution < -0.4 is 4.74 Å². The number of esters is 2. The third kappa shape index (κ3) is 14.7. The molecule has 0 radical (unpaired) electrons. The summed E-state index contributed by atoms with van der Waals surface area (Å²) < 4.78 is 45.7. The Morgan fingerprint density at radius 1 is 0.630 bits per heavy atom. The Balaban J connectivity index is 1.26. The topological polar surface area (TPSA) is 61.8 Å². The molecule has 2 atom stereocenters. The van der Waals surface area contributed by atoms with E-state index in [1.807, 2.05) is 12.1 Å². The fraction of sp³-hybridized carbons (Fsp3) is 0.795. The standard InChI is InChI=1S/C39H62F2O5/c1-3-5-7-9-11-13-15-36(40)38(42)45-34-23-17-30(18-24-34)29-44-33-25-19-31(20-26-33)32-21-27-35(28-22-32)46-39(43)37(41)16-14-12-10-8-6-4-2/h19-20,25-26,30,32,34-37H,3-18,21-24,27-29H2,1-2H3/t30?,32?,34?,35?,36?,37-/m1/s1. The summed E-state index contributed by atoms with van der Waals surface area (Å²) in [6.45, 7) is 4.97. The molecule has 1 unspecified atom stereocenters. The highest BCUT2D eigenvalue weighted by molar-refractivity contribution is 5.75. The number of unbranched alkanes of at least 4 members (excludes halogenated alkanes) is 10. The Morgan fingerprint density at radius 3 is 1.54 bits per heavy atom. The molecule has 5 nitrogen and oxygen atoms in total. The highest BCUT2D eigenvalue weighted by Crippen LogP contribution is 2.35. The number of benzene rings is 1. The third-order valence-electron chi connectivity index (χ3n) is 10.0. The van der Waals surface area contributed by atoms with Crippen LogP contribution in [0.2, 0.25) is 0 Å². The van der Waals surface area contributed by atoms with Crippen molar-refractivity contribution in [2.45, 2.75) is 186 Å². The Bertz CT molecular complexity index is 954. The molecule has 0 saturated heterocycles. The lowest BCUT2D eigenvalue weighted by molar-refractivity contribution is -0.158. The quantitative estimate of drug-likeness (QED) is 0.0925. The molecule has 2 saturated carbocycles. The molecule has 2 aliphatic carbocycles. The zero-order valence-corrected chi connectivity index (χ0v) is 28.8. The van der Waals surface area contributed by atoms with E-state index in [-0.39, 0.29) is 25.0 Å². The van der Waals surface area contributed by atoms with Crippen molar-refractivity contribution in [1.29, 1.82) is 0 Å². The van der Waals surface area contributed by atoms with Crippen molar-refractivity contribution < 1.29 is 32.6 Å². The van der Waals surface area contributed by atoms with Crippen LogP contribution in [0.4, 0.5) is 8.78 Å². The maximum absolute atomic E-state index is 14.3. The monoisotopic (exact) mass is 648 g/mol. The lowest BCUT2D eigenvalue weighted by Crippen LogP contribution is -2.30. The normalized spacial score (nSPS) is 23.0. The molecule has 2 aliphatic rings. The summed E-state index contributed by atoms with van der Waals surface area (Å²) in [6, 6.07) is 8.30. The second-order valence-electron chi connectivity index (χ2n) is 13.9. The van der Waals surface area contributed by atoms with E-state index in [1.165, 1.54) is 44.1 Å². The summed E-state index contributed by atoms with van der Waals surface area (Å²) in [5.41, 5.74) is 1.26. The number of alkyl halides is 2. The van der Waals surface area contributed by atoms with Crippen molar-refractivity contribution in [3.05, 3.63) is 29.8 Å². The van der Waals surface area contributed by atoms with Crippen LogP contribution in [-0.4, -0.2) is 43.1 Å². The number of hydrogen-bond acceptors (Lipinski definition) is 5. The second-order valence-corrected chi connectivity index (χ2v) is 13.9. The number of carbonyl (C=O) groups is 2. The van der Waals surface area contributed by atoms with Gasteiger partial charge in [0.05, 0.1) is 6.61 Å². The van der Waals surface area contributed by atoms with E-state index in [9.17, 15) is 18.4 Å². The van der Waals surface area contributed by atoms with Crippen molar-refractivity contribution in [3.63, 3.8) is 0 Å². The van der Waals surface area contributed by atoms with E-state index in [4.69, 9.17) is 14.2 Å². The van der Waals surface area contributed by atoms with Crippen molar-refractivity contribution in [2.24, 2.45) is 5.92 Å². The van der Waals surface area contributed by atoms with E-state index < -0.39 is 24.3 Å². The first-order valence-electron chi connectivity index (χ1n) is 18.8. The Morgan fingerprint density at radius 2 is 1.07 bits per heavy atom. The molecule has 0 N–H and O–H groups in total. The van der Waals surface area contributed by atoms with Gasteiger partial charge in [-0.2, -0.15) is 0 Å². The van der Waals surface area contributed by atoms with E-state index in [2.05, 4.69) is 26.0 Å². The molecule has 0 heterocycles. The van der Waals surface area contributed by atoms with Gasteiger partial charge in [-0.25, -0.2) is 18.4 Å². The van der Waals surface area contributed by atoms with E-state index in [1.54, 1.807) is 0 Å². The molecule has 46 heavy (non-hydrogen) atoms. The minimum Gasteiger partial charge on any atom is -0.493 e. The van der Waals surface area contributed by atoms with Gasteiger partial charge in [-0.15, -0.1) is 0 Å². The van der Waals surface area contributed by atoms with E-state index >= 15 is 0 Å². The van der Waals surface area contributed by atoms with Gasteiger partial charge in [-0.3, -0.25) is 0 Å². The number of rotatable bonds is 22. The summed E-state index contributed by atoms with van der Waals surface area (Å²) in [6.07, 6.45) is 16.7. The van der Waals surface area contributed by atoms with Gasteiger partial charge in [0.25, 0.3) is 0 Å². The molecule has 1 aromatic carbocycles. The molecular formula is C39H62F2O5. The van der Waals surface area contributed by atoms with Gasteiger partial charge in [-0.05, 0) is 107 Å². The summed E-state index contributed by atoms with van der Waals surface area (Å²) in [5.74, 6) is 0.275. The molecule has 0 spiro atoms. The van der Waals surface area contributed by atoms with Crippen molar-refractivity contribution in [3.8, 4) is 5.75 Å². The van der Waals surface area contributed by atoms with Gasteiger partial charge in [0.1, 0.15) is 18.0 Å². The molecular weight excluding hydrogens is 586 g/mol. The molecule has 0 aromatic heterocycles. The first kappa shape index (κ1) is 38.3. The maximum atomic E-state index is 14.3. The molecule has 0 bridgehead atoms. The number of hydrogen-bond donors (Lipinski definition) is 0. The molecule has 0 aliphatic heterocycles. The zero-order valence-electron chi connectivity index (χ0n) is 28.8. The Labute approximate surface area is 277 Å². The average molecular weight is 649 g/mol. The highest BCUT2D eigenvalue weighted by Gasteiger charge is 2.29. The highest BCUT2D eigenvalue weighted by atomic mass is 19.1. The van der Waals surface area contributed by atoms with Crippen LogP contribution >= 0.6 is 0 Å². The molecule has 1 aromatic rings. The van der Waals surface area contributed by atoms with E-state index in [0.29, 0.717) is 18.4 Å². The van der Waals surface area contributed by atoms with Crippen LogP contribution in [0.5, 0.6) is 5.75 Å². The van der Waals surface area contributed by atoms with Crippen LogP contribution in [0.15, 0.2) is 24.3 Å². The summed E-state index contributed by atoms with van der Waals surface area (Å²) in [4.78, 5) is 24.4. The van der Waals surface area contributed by atoms with Gasteiger partial charge in [-0.1, -0.05) is 90.2 Å². The first-order chi connectivity index (χ1) is 22.4. The van der Waals surface area contributed by atoms with Crippen molar-refractivity contribution >= 4 is 11.9 Å². The minimum atomic E-state index is -1.50. The number of carbonyl (C=O) groups excluding carboxylic acids is 2. The summed E-state index contributed by atoms with van der Waals surface area (Å²) in [5, 5.41) is 0. The fourth-order valence-electron chi connectivity index (χ4n) is 6.90. The Kier molecular flexibility index (Phi) is 18.6. The summed E-state index contributed by atoms with van der Waals surface area (Å²) in [7, 11) is 0. The van der Waals surface area contributed by atoms with Gasteiger partial charge < -0.3 is 14.2 Å². The molecule has 3 rings (SSSR count). The van der Waals surface area contributed by atoms with Crippen LogP contribution in [0, 0.1) is 5.92 Å². The number of ether oxygens (including phenoxy) is 3. The van der Waals surface area contributed by atoms with E-state index in [0.717, 1.165) is 95.6 Å². The first-order valence-corrected chi connectivity index (χ1v) is 18.8.